The van der Waals surface area contributed by atoms with E-state index in [1.54, 1.807) is 41.9 Å². The maximum atomic E-state index is 12.8. The number of aryl methyl sites for hydroxylation is 1. The van der Waals surface area contributed by atoms with Gasteiger partial charge in [-0.05, 0) is 77.7 Å². The molecule has 0 saturated heterocycles. The van der Waals surface area contributed by atoms with Crippen molar-refractivity contribution in [2.24, 2.45) is 7.05 Å². The number of nitro benzene ring substituents is 1. The number of aromatic nitrogens is 3. The highest BCUT2D eigenvalue weighted by molar-refractivity contribution is 7.99. The lowest BCUT2D eigenvalue weighted by Gasteiger charge is -2.23. The van der Waals surface area contributed by atoms with Gasteiger partial charge in [0.25, 0.3) is 11.6 Å². The van der Waals surface area contributed by atoms with Gasteiger partial charge in [-0.2, -0.15) is 0 Å². The Balaban J connectivity index is 1.42. The lowest BCUT2D eigenvalue weighted by atomic mass is 9.82. The molecule has 9 nitrogen and oxygen atoms in total. The van der Waals surface area contributed by atoms with E-state index in [1.807, 2.05) is 12.1 Å². The van der Waals surface area contributed by atoms with Crippen LogP contribution >= 0.6 is 11.8 Å². The van der Waals surface area contributed by atoms with Crippen molar-refractivity contribution in [1.82, 2.24) is 14.8 Å². The van der Waals surface area contributed by atoms with Crippen molar-refractivity contribution in [3.63, 3.8) is 0 Å². The maximum absolute atomic E-state index is 12.8. The van der Waals surface area contributed by atoms with Crippen LogP contribution in [-0.2, 0) is 12.5 Å². The molecule has 1 heterocycles. The average Bonchev–Trinajstić information content (AvgIpc) is 3.29. The van der Waals surface area contributed by atoms with Gasteiger partial charge in [0, 0.05) is 24.4 Å². The second kappa shape index (κ2) is 10.8. The number of anilines is 1. The first-order valence-electron chi connectivity index (χ1n) is 11.7. The standard InChI is InChI=1S/C27H27N5O4S/c1-5-27(2,3)19-7-11-21(12-8-19)36-22-13-9-20(10-14-22)29-25(33)18-6-15-24(23(16-18)32(34)35)37-26-30-28-17-31(26)4/h6-17H,5H2,1-4H3,(H,29,33). The zero-order chi connectivity index (χ0) is 26.6. The first-order valence-corrected chi connectivity index (χ1v) is 12.5. The summed E-state index contributed by atoms with van der Waals surface area (Å²) in [5.41, 5.74) is 1.88. The summed E-state index contributed by atoms with van der Waals surface area (Å²) in [6.45, 7) is 6.59. The molecule has 10 heteroatoms. The molecule has 0 aliphatic carbocycles. The molecule has 4 rings (SSSR count). The van der Waals surface area contributed by atoms with E-state index in [2.05, 4.69) is 48.4 Å². The molecule has 1 aromatic heterocycles. The zero-order valence-corrected chi connectivity index (χ0v) is 21.8. The predicted molar refractivity (Wildman–Crippen MR) is 142 cm³/mol. The Labute approximate surface area is 219 Å². The molecule has 0 unspecified atom stereocenters. The molecule has 0 atom stereocenters. The van der Waals surface area contributed by atoms with Crippen LogP contribution in [0, 0.1) is 10.1 Å². The SMILES string of the molecule is CCC(C)(C)c1ccc(Oc2ccc(NC(=O)c3ccc(Sc4nncn4C)c([N+](=O)[O-])c3)cc2)cc1. The average molecular weight is 518 g/mol. The third-order valence-electron chi connectivity index (χ3n) is 6.16. The van der Waals surface area contributed by atoms with Crippen molar-refractivity contribution in [3.8, 4) is 11.5 Å². The normalized spacial score (nSPS) is 11.2. The van der Waals surface area contributed by atoms with E-state index < -0.39 is 10.8 Å². The number of nitrogens with one attached hydrogen (secondary N) is 1. The van der Waals surface area contributed by atoms with Gasteiger partial charge in [-0.1, -0.05) is 32.9 Å². The Morgan fingerprint density at radius 3 is 2.30 bits per heavy atom. The second-order valence-corrected chi connectivity index (χ2v) is 10.1. The molecule has 4 aromatic rings. The summed E-state index contributed by atoms with van der Waals surface area (Å²) in [5.74, 6) is 0.890. The number of nitrogens with zero attached hydrogens (tertiary/aromatic N) is 4. The van der Waals surface area contributed by atoms with Gasteiger partial charge < -0.3 is 14.6 Å². The molecule has 3 aromatic carbocycles. The molecule has 0 saturated carbocycles. The van der Waals surface area contributed by atoms with E-state index in [4.69, 9.17) is 4.74 Å². The first-order chi connectivity index (χ1) is 17.7. The van der Waals surface area contributed by atoms with Gasteiger partial charge in [-0.3, -0.25) is 14.9 Å². The van der Waals surface area contributed by atoms with Crippen LogP contribution in [-0.4, -0.2) is 25.6 Å². The minimum Gasteiger partial charge on any atom is -0.457 e. The summed E-state index contributed by atoms with van der Waals surface area (Å²) in [5, 5.41) is 22.6. The summed E-state index contributed by atoms with van der Waals surface area (Å²) in [6.07, 6.45) is 2.55. The van der Waals surface area contributed by atoms with Crippen LogP contribution in [0.25, 0.3) is 0 Å². The molecule has 0 spiro atoms. The minimum absolute atomic E-state index is 0.106. The van der Waals surface area contributed by atoms with Gasteiger partial charge in [0.05, 0.1) is 9.82 Å². The smallest absolute Gasteiger partial charge is 0.284 e. The molecule has 0 fully saturated rings. The molecule has 0 bridgehead atoms. The van der Waals surface area contributed by atoms with Crippen molar-refractivity contribution < 1.29 is 14.5 Å². The highest BCUT2D eigenvalue weighted by Crippen LogP contribution is 2.34. The van der Waals surface area contributed by atoms with Crippen molar-refractivity contribution in [3.05, 3.63) is 94.3 Å². The third kappa shape index (κ3) is 6.15. The van der Waals surface area contributed by atoms with Gasteiger partial charge in [0.2, 0.25) is 0 Å². The summed E-state index contributed by atoms with van der Waals surface area (Å²) in [7, 11) is 1.75. The monoisotopic (exact) mass is 517 g/mol. The summed E-state index contributed by atoms with van der Waals surface area (Å²) < 4.78 is 7.59. The predicted octanol–water partition coefficient (Wildman–Crippen LogP) is 6.61. The highest BCUT2D eigenvalue weighted by atomic mass is 32.2. The fraction of sp³-hybridized carbons (Fsp3) is 0.222. The van der Waals surface area contributed by atoms with Crippen LogP contribution in [0.3, 0.4) is 0 Å². The van der Waals surface area contributed by atoms with Gasteiger partial charge in [-0.15, -0.1) is 10.2 Å². The summed E-state index contributed by atoms with van der Waals surface area (Å²) in [6, 6.07) is 19.3. The Bertz CT molecular complexity index is 1420. The van der Waals surface area contributed by atoms with Crippen LogP contribution in [0.1, 0.15) is 43.1 Å². The molecule has 0 aliphatic heterocycles. The lowest BCUT2D eigenvalue weighted by molar-refractivity contribution is -0.387. The Hall–Kier alpha value is -4.18. The van der Waals surface area contributed by atoms with Crippen molar-refractivity contribution >= 4 is 29.0 Å². The number of hydrogen-bond acceptors (Lipinski definition) is 7. The molecule has 37 heavy (non-hydrogen) atoms. The fourth-order valence-corrected chi connectivity index (χ4v) is 4.32. The van der Waals surface area contributed by atoms with Crippen LogP contribution in [0.5, 0.6) is 11.5 Å². The quantitative estimate of drug-likeness (QED) is 0.196. The topological polar surface area (TPSA) is 112 Å². The van der Waals surface area contributed by atoms with E-state index in [0.717, 1.165) is 23.9 Å². The second-order valence-electron chi connectivity index (χ2n) is 9.11. The highest BCUT2D eigenvalue weighted by Gasteiger charge is 2.20. The number of benzene rings is 3. The number of carbonyl (C=O) groups excluding carboxylic acids is 1. The van der Waals surface area contributed by atoms with Crippen LogP contribution in [0.15, 0.2) is 83.1 Å². The molecule has 1 N–H and O–H groups in total. The summed E-state index contributed by atoms with van der Waals surface area (Å²) in [4.78, 5) is 24.3. The molecule has 0 aliphatic rings. The van der Waals surface area contributed by atoms with E-state index in [0.29, 0.717) is 21.5 Å². The first kappa shape index (κ1) is 25.9. The Morgan fingerprint density at radius 1 is 1.08 bits per heavy atom. The molecular weight excluding hydrogens is 490 g/mol. The summed E-state index contributed by atoms with van der Waals surface area (Å²) >= 11 is 1.11. The van der Waals surface area contributed by atoms with Crippen LogP contribution < -0.4 is 10.1 Å². The molecule has 0 radical (unpaired) electrons. The number of ether oxygens (including phenoxy) is 1. The van der Waals surface area contributed by atoms with Gasteiger partial charge >= 0.3 is 0 Å². The zero-order valence-electron chi connectivity index (χ0n) is 21.0. The molecule has 190 valence electrons. The maximum Gasteiger partial charge on any atom is 0.284 e. The number of amides is 1. The Kier molecular flexibility index (Phi) is 7.58. The molecule has 1 amide bonds. The third-order valence-corrected chi connectivity index (χ3v) is 7.27. The van der Waals surface area contributed by atoms with Gasteiger partial charge in [-0.25, -0.2) is 0 Å². The van der Waals surface area contributed by atoms with E-state index >= 15 is 0 Å². The van der Waals surface area contributed by atoms with Crippen molar-refractivity contribution in [1.29, 1.82) is 0 Å². The van der Waals surface area contributed by atoms with E-state index in [-0.39, 0.29) is 16.7 Å². The number of hydrogen-bond donors (Lipinski definition) is 1. The van der Waals surface area contributed by atoms with Crippen molar-refractivity contribution in [2.75, 3.05) is 5.32 Å². The largest absolute Gasteiger partial charge is 0.457 e. The van der Waals surface area contributed by atoms with Gasteiger partial charge in [0.15, 0.2) is 5.16 Å². The van der Waals surface area contributed by atoms with E-state index in [9.17, 15) is 14.9 Å². The molecular formula is C27H27N5O4S. The number of carbonyl (C=O) groups is 1. The van der Waals surface area contributed by atoms with E-state index in [1.165, 1.54) is 24.0 Å². The number of rotatable bonds is 9. The number of nitro groups is 1. The van der Waals surface area contributed by atoms with Gasteiger partial charge in [0.1, 0.15) is 17.8 Å². The van der Waals surface area contributed by atoms with Crippen molar-refractivity contribution in [2.45, 2.75) is 42.7 Å². The lowest BCUT2D eigenvalue weighted by Crippen LogP contribution is -2.14. The van der Waals surface area contributed by atoms with Crippen LogP contribution in [0.2, 0.25) is 0 Å². The minimum atomic E-state index is -0.516. The van der Waals surface area contributed by atoms with Crippen LogP contribution in [0.4, 0.5) is 11.4 Å². The fourth-order valence-electron chi connectivity index (χ4n) is 3.47. The Morgan fingerprint density at radius 2 is 1.73 bits per heavy atom.